The number of rotatable bonds is 3. The second kappa shape index (κ2) is 5.42. The number of fused-ring (bicyclic) bond motifs is 3. The van der Waals surface area contributed by atoms with Gasteiger partial charge in [0.15, 0.2) is 0 Å². The van der Waals surface area contributed by atoms with Crippen LogP contribution in [0, 0.1) is 0 Å². The fraction of sp³-hybridized carbons (Fsp3) is 0.444. The van der Waals surface area contributed by atoms with Crippen molar-refractivity contribution >= 4 is 28.1 Å². The van der Waals surface area contributed by atoms with Gasteiger partial charge in [0.2, 0.25) is 0 Å². The van der Waals surface area contributed by atoms with Crippen molar-refractivity contribution in [1.82, 2.24) is 0 Å². The summed E-state index contributed by atoms with van der Waals surface area (Å²) in [6.07, 6.45) is 0.962. The number of phenolic OH excluding ortho intramolecular Hbond substituents is 1. The second-order valence-corrected chi connectivity index (χ2v) is 6.43. The number of nitrogens with zero attached hydrogens (tertiary/aromatic N) is 1. The molecule has 1 atom stereocenters. The van der Waals surface area contributed by atoms with E-state index in [0.717, 1.165) is 24.0 Å². The van der Waals surface area contributed by atoms with Gasteiger partial charge in [-0.05, 0) is 36.8 Å². The summed E-state index contributed by atoms with van der Waals surface area (Å²) in [5, 5.41) is 12.6. The molecule has 0 aliphatic carbocycles. The zero-order chi connectivity index (χ0) is 15.1. The van der Waals surface area contributed by atoms with Crippen LogP contribution >= 0.6 is 11.6 Å². The van der Waals surface area contributed by atoms with Gasteiger partial charge in [-0.3, -0.25) is 0 Å². The Bertz CT molecular complexity index is 680. The third-order valence-electron chi connectivity index (χ3n) is 4.57. The zero-order valence-corrected chi connectivity index (χ0v) is 13.6. The molecule has 0 amide bonds. The Hall–Kier alpha value is -1.41. The van der Waals surface area contributed by atoms with E-state index >= 15 is 0 Å². The van der Waals surface area contributed by atoms with Gasteiger partial charge in [-0.15, -0.1) is 11.6 Å². The Labute approximate surface area is 131 Å². The largest absolute Gasteiger partial charge is 0.507 e. The predicted octanol–water partition coefficient (Wildman–Crippen LogP) is 4.66. The number of phenols is 1. The van der Waals surface area contributed by atoms with E-state index < -0.39 is 0 Å². The van der Waals surface area contributed by atoms with Gasteiger partial charge in [-0.1, -0.05) is 25.1 Å². The maximum absolute atomic E-state index is 10.5. The average Bonchev–Trinajstić information content (AvgIpc) is 2.85. The lowest BCUT2D eigenvalue weighted by molar-refractivity contribution is 0.481. The molecule has 3 heteroatoms. The summed E-state index contributed by atoms with van der Waals surface area (Å²) in [4.78, 5) is 2.36. The molecule has 1 N–H and O–H groups in total. The van der Waals surface area contributed by atoms with Gasteiger partial charge in [0, 0.05) is 41.5 Å². The molecule has 3 rings (SSSR count). The van der Waals surface area contributed by atoms with Gasteiger partial charge >= 0.3 is 0 Å². The summed E-state index contributed by atoms with van der Waals surface area (Å²) in [6, 6.07) is 8.52. The molecule has 1 unspecified atom stereocenters. The molecule has 1 aliphatic rings. The third-order valence-corrected chi connectivity index (χ3v) is 4.94. The van der Waals surface area contributed by atoms with Crippen LogP contribution in [0.25, 0.3) is 10.8 Å². The van der Waals surface area contributed by atoms with Crippen molar-refractivity contribution in [2.75, 3.05) is 17.3 Å². The van der Waals surface area contributed by atoms with E-state index in [9.17, 15) is 5.11 Å². The Balaban J connectivity index is 2.38. The number of hydrogen-bond donors (Lipinski definition) is 1. The highest BCUT2D eigenvalue weighted by molar-refractivity contribution is 6.19. The van der Waals surface area contributed by atoms with Gasteiger partial charge in [-0.25, -0.2) is 0 Å². The van der Waals surface area contributed by atoms with E-state index in [-0.39, 0.29) is 0 Å². The van der Waals surface area contributed by atoms with Gasteiger partial charge in [-0.2, -0.15) is 0 Å². The standard InChI is InChI=1S/C18H22ClNO/c1-4-12-6-5-7-14-16(21)8-15-18(17(12)14)13(9-19)10-20(15)11(2)3/h5-8,11,13,21H,4,9-10H2,1-3H3. The van der Waals surface area contributed by atoms with Crippen molar-refractivity contribution in [2.24, 2.45) is 0 Å². The number of hydrogen-bond acceptors (Lipinski definition) is 2. The van der Waals surface area contributed by atoms with Crippen LogP contribution in [0.5, 0.6) is 5.75 Å². The van der Waals surface area contributed by atoms with Crippen LogP contribution in [0.2, 0.25) is 0 Å². The number of anilines is 1. The number of aryl methyl sites for hydroxylation is 1. The fourth-order valence-electron chi connectivity index (χ4n) is 3.53. The van der Waals surface area contributed by atoms with Crippen LogP contribution in [0.3, 0.4) is 0 Å². The van der Waals surface area contributed by atoms with Crippen LogP contribution in [-0.2, 0) is 6.42 Å². The van der Waals surface area contributed by atoms with Gasteiger partial charge in [0.1, 0.15) is 5.75 Å². The summed E-state index contributed by atoms with van der Waals surface area (Å²) in [7, 11) is 0. The monoisotopic (exact) mass is 303 g/mol. The Kier molecular flexibility index (Phi) is 3.75. The Morgan fingerprint density at radius 3 is 2.76 bits per heavy atom. The highest BCUT2D eigenvalue weighted by Gasteiger charge is 2.32. The molecular weight excluding hydrogens is 282 g/mol. The van der Waals surface area contributed by atoms with Crippen molar-refractivity contribution in [3.8, 4) is 5.75 Å². The molecule has 2 aromatic rings. The summed E-state index contributed by atoms with van der Waals surface area (Å²) in [5.41, 5.74) is 3.77. The highest BCUT2D eigenvalue weighted by atomic mass is 35.5. The maximum atomic E-state index is 10.5. The summed E-state index contributed by atoms with van der Waals surface area (Å²) >= 11 is 6.25. The van der Waals surface area contributed by atoms with Crippen LogP contribution in [0.15, 0.2) is 24.3 Å². The van der Waals surface area contributed by atoms with Crippen LogP contribution in [-0.4, -0.2) is 23.6 Å². The number of benzene rings is 2. The van der Waals surface area contributed by atoms with E-state index in [1.54, 1.807) is 0 Å². The van der Waals surface area contributed by atoms with Crippen molar-refractivity contribution in [2.45, 2.75) is 39.2 Å². The minimum absolute atomic E-state index is 0.333. The van der Waals surface area contributed by atoms with Crippen molar-refractivity contribution < 1.29 is 5.11 Å². The smallest absolute Gasteiger partial charge is 0.125 e. The lowest BCUT2D eigenvalue weighted by Crippen LogP contribution is -2.29. The molecule has 21 heavy (non-hydrogen) atoms. The first-order chi connectivity index (χ1) is 10.1. The molecule has 2 aromatic carbocycles. The molecule has 0 aromatic heterocycles. The number of halogens is 1. The lowest BCUT2D eigenvalue weighted by Gasteiger charge is -2.24. The summed E-state index contributed by atoms with van der Waals surface area (Å²) in [6.45, 7) is 7.48. The average molecular weight is 304 g/mol. The Morgan fingerprint density at radius 1 is 1.38 bits per heavy atom. The first-order valence-electron chi connectivity index (χ1n) is 7.68. The number of aromatic hydroxyl groups is 1. The van der Waals surface area contributed by atoms with Gasteiger partial charge in [0.25, 0.3) is 0 Å². The predicted molar refractivity (Wildman–Crippen MR) is 90.9 cm³/mol. The molecule has 1 heterocycles. The maximum Gasteiger partial charge on any atom is 0.125 e. The molecule has 0 saturated heterocycles. The first kappa shape index (κ1) is 14.5. The molecule has 0 spiro atoms. The lowest BCUT2D eigenvalue weighted by atomic mass is 9.91. The van der Waals surface area contributed by atoms with Gasteiger partial charge in [0.05, 0.1) is 0 Å². The quantitative estimate of drug-likeness (QED) is 0.834. The second-order valence-electron chi connectivity index (χ2n) is 6.12. The van der Waals surface area contributed by atoms with Crippen molar-refractivity contribution in [3.05, 3.63) is 35.4 Å². The molecule has 0 fully saturated rings. The van der Waals surface area contributed by atoms with Crippen molar-refractivity contribution in [1.29, 1.82) is 0 Å². The molecule has 112 valence electrons. The normalized spacial score (nSPS) is 17.8. The molecule has 0 radical (unpaired) electrons. The highest BCUT2D eigenvalue weighted by Crippen LogP contribution is 2.46. The minimum Gasteiger partial charge on any atom is -0.507 e. The molecule has 1 aliphatic heterocycles. The van der Waals surface area contributed by atoms with E-state index in [0.29, 0.717) is 23.6 Å². The first-order valence-corrected chi connectivity index (χ1v) is 8.22. The molecule has 2 nitrogen and oxygen atoms in total. The molecule has 0 saturated carbocycles. The van der Waals surface area contributed by atoms with Crippen molar-refractivity contribution in [3.63, 3.8) is 0 Å². The van der Waals surface area contributed by atoms with Crippen LogP contribution < -0.4 is 4.90 Å². The SMILES string of the molecule is CCc1cccc2c(O)cc3c(c12)C(CCl)CN3C(C)C. The van der Waals surface area contributed by atoms with Gasteiger partial charge < -0.3 is 10.0 Å². The fourth-order valence-corrected chi connectivity index (χ4v) is 3.78. The van der Waals surface area contributed by atoms with E-state index in [1.165, 1.54) is 16.5 Å². The van der Waals surface area contributed by atoms with Crippen LogP contribution in [0.1, 0.15) is 37.8 Å². The third kappa shape index (κ3) is 2.17. The van der Waals surface area contributed by atoms with E-state index in [2.05, 4.69) is 31.7 Å². The summed E-state index contributed by atoms with van der Waals surface area (Å²) < 4.78 is 0. The minimum atomic E-state index is 0.333. The Morgan fingerprint density at radius 2 is 2.14 bits per heavy atom. The zero-order valence-electron chi connectivity index (χ0n) is 12.9. The van der Waals surface area contributed by atoms with Crippen LogP contribution in [0.4, 0.5) is 5.69 Å². The molecule has 0 bridgehead atoms. The summed E-state index contributed by atoms with van der Waals surface area (Å²) in [5.74, 6) is 1.33. The van der Waals surface area contributed by atoms with E-state index in [4.69, 9.17) is 11.6 Å². The topological polar surface area (TPSA) is 23.5 Å². The number of alkyl halides is 1. The molecular formula is C18H22ClNO. The van der Waals surface area contributed by atoms with E-state index in [1.807, 2.05) is 18.2 Å².